The predicted molar refractivity (Wildman–Crippen MR) is 112 cm³/mol. The van der Waals surface area contributed by atoms with Crippen molar-refractivity contribution in [3.05, 3.63) is 71.5 Å². The molecule has 1 saturated heterocycles. The molecule has 0 spiro atoms. The Hall–Kier alpha value is -2.40. The topological polar surface area (TPSA) is 45.7 Å². The average molecular weight is 384 g/mol. The smallest absolute Gasteiger partial charge is 0.191 e. The van der Waals surface area contributed by atoms with E-state index in [4.69, 9.17) is 9.73 Å². The van der Waals surface area contributed by atoms with Crippen molar-refractivity contribution in [3.63, 3.8) is 0 Å². The van der Waals surface area contributed by atoms with Crippen molar-refractivity contribution >= 4 is 5.96 Å². The molecule has 1 aliphatic heterocycles. The second-order valence-electron chi connectivity index (χ2n) is 7.22. The van der Waals surface area contributed by atoms with E-state index in [1.165, 1.54) is 11.6 Å². The van der Waals surface area contributed by atoms with Gasteiger partial charge >= 0.3 is 0 Å². The molecular weight excluding hydrogens is 353 g/mol. The van der Waals surface area contributed by atoms with Crippen LogP contribution in [-0.2, 0) is 16.6 Å². The van der Waals surface area contributed by atoms with E-state index in [-0.39, 0.29) is 11.2 Å². The molecule has 3 rings (SSSR count). The Morgan fingerprint density at radius 1 is 1.04 bits per heavy atom. The first-order valence-electron chi connectivity index (χ1n) is 10.1. The monoisotopic (exact) mass is 383 g/mol. The van der Waals surface area contributed by atoms with E-state index >= 15 is 0 Å². The van der Waals surface area contributed by atoms with Crippen LogP contribution in [0.25, 0.3) is 0 Å². The largest absolute Gasteiger partial charge is 0.381 e. The molecule has 0 aliphatic carbocycles. The van der Waals surface area contributed by atoms with Gasteiger partial charge in [-0.3, -0.25) is 4.99 Å². The van der Waals surface area contributed by atoms with Crippen molar-refractivity contribution in [1.82, 2.24) is 10.6 Å². The van der Waals surface area contributed by atoms with Gasteiger partial charge in [-0.2, -0.15) is 0 Å². The molecule has 0 radical (unpaired) electrons. The first-order chi connectivity index (χ1) is 13.7. The third kappa shape index (κ3) is 5.32. The van der Waals surface area contributed by atoms with Crippen LogP contribution < -0.4 is 10.6 Å². The number of guanidine groups is 1. The van der Waals surface area contributed by atoms with Crippen LogP contribution in [0.2, 0.25) is 0 Å². The Balaban J connectivity index is 1.67. The van der Waals surface area contributed by atoms with Gasteiger partial charge in [-0.15, -0.1) is 0 Å². The summed E-state index contributed by atoms with van der Waals surface area (Å²) < 4.78 is 19.4. The number of ether oxygens (including phenoxy) is 1. The van der Waals surface area contributed by atoms with Gasteiger partial charge in [0.1, 0.15) is 5.82 Å². The van der Waals surface area contributed by atoms with Crippen LogP contribution >= 0.6 is 0 Å². The quantitative estimate of drug-likeness (QED) is 0.566. The number of rotatable bonds is 7. The maximum absolute atomic E-state index is 13.8. The van der Waals surface area contributed by atoms with Crippen LogP contribution in [0.15, 0.2) is 59.6 Å². The number of benzene rings is 2. The third-order valence-corrected chi connectivity index (χ3v) is 5.36. The standard InChI is InChI=1S/C23H30FN3O/c1-2-25-22(26-15-12-19-8-6-7-11-21(19)24)27-18-23(13-16-28-17-14-23)20-9-4-3-5-10-20/h3-11H,2,12-18H2,1H3,(H2,25,26,27). The Kier molecular flexibility index (Phi) is 7.43. The summed E-state index contributed by atoms with van der Waals surface area (Å²) in [5.41, 5.74) is 2.05. The zero-order valence-corrected chi connectivity index (χ0v) is 16.6. The molecule has 28 heavy (non-hydrogen) atoms. The Morgan fingerprint density at radius 2 is 1.75 bits per heavy atom. The molecular formula is C23H30FN3O. The summed E-state index contributed by atoms with van der Waals surface area (Å²) in [6.07, 6.45) is 2.55. The first-order valence-corrected chi connectivity index (χ1v) is 10.1. The second-order valence-corrected chi connectivity index (χ2v) is 7.22. The molecule has 0 unspecified atom stereocenters. The van der Waals surface area contributed by atoms with Crippen LogP contribution in [0.1, 0.15) is 30.9 Å². The molecule has 1 fully saturated rings. The van der Waals surface area contributed by atoms with Gasteiger partial charge < -0.3 is 15.4 Å². The summed E-state index contributed by atoms with van der Waals surface area (Å²) in [5.74, 6) is 0.622. The fraction of sp³-hybridized carbons (Fsp3) is 0.435. The Bertz CT molecular complexity index is 757. The van der Waals surface area contributed by atoms with Gasteiger partial charge in [0.05, 0.1) is 6.54 Å². The minimum atomic E-state index is -0.156. The lowest BCUT2D eigenvalue weighted by atomic mass is 9.74. The zero-order chi connectivity index (χ0) is 19.7. The average Bonchev–Trinajstić information content (AvgIpc) is 2.75. The molecule has 150 valence electrons. The van der Waals surface area contributed by atoms with Gasteiger partial charge in [-0.25, -0.2) is 4.39 Å². The second kappa shape index (κ2) is 10.2. The minimum absolute atomic E-state index is 0.00734. The SMILES string of the molecule is CCNC(=NCC1(c2ccccc2)CCOCC1)NCCc1ccccc1F. The van der Waals surface area contributed by atoms with Crippen molar-refractivity contribution in [2.24, 2.45) is 4.99 Å². The number of hydrogen-bond acceptors (Lipinski definition) is 2. The van der Waals surface area contributed by atoms with Gasteiger partial charge in [0.2, 0.25) is 0 Å². The Labute approximate surface area is 167 Å². The molecule has 0 amide bonds. The predicted octanol–water partition coefficient (Wildman–Crippen LogP) is 3.67. The van der Waals surface area contributed by atoms with E-state index in [1.807, 2.05) is 18.2 Å². The highest BCUT2D eigenvalue weighted by atomic mass is 19.1. The fourth-order valence-corrected chi connectivity index (χ4v) is 3.68. The molecule has 0 atom stereocenters. The van der Waals surface area contributed by atoms with E-state index in [0.29, 0.717) is 19.5 Å². The highest BCUT2D eigenvalue weighted by Gasteiger charge is 2.34. The number of nitrogens with zero attached hydrogens (tertiary/aromatic N) is 1. The highest BCUT2D eigenvalue weighted by molar-refractivity contribution is 5.79. The minimum Gasteiger partial charge on any atom is -0.381 e. The third-order valence-electron chi connectivity index (χ3n) is 5.36. The van der Waals surface area contributed by atoms with Gasteiger partial charge in [0.15, 0.2) is 5.96 Å². The molecule has 0 saturated carbocycles. The van der Waals surface area contributed by atoms with Gasteiger partial charge in [-0.1, -0.05) is 48.5 Å². The molecule has 1 aliphatic rings. The van der Waals surface area contributed by atoms with Crippen molar-refractivity contribution in [2.45, 2.75) is 31.6 Å². The molecule has 0 aromatic heterocycles. The molecule has 0 bridgehead atoms. The molecule has 5 heteroatoms. The van der Waals surface area contributed by atoms with Gasteiger partial charge in [0.25, 0.3) is 0 Å². The first kappa shape index (κ1) is 20.3. The lowest BCUT2D eigenvalue weighted by molar-refractivity contribution is 0.0531. The van der Waals surface area contributed by atoms with E-state index in [9.17, 15) is 4.39 Å². The molecule has 2 aromatic carbocycles. The van der Waals surface area contributed by atoms with Crippen molar-refractivity contribution in [1.29, 1.82) is 0 Å². The van der Waals surface area contributed by atoms with E-state index in [1.54, 1.807) is 6.07 Å². The normalized spacial score (nSPS) is 16.6. The lowest BCUT2D eigenvalue weighted by Crippen LogP contribution is -2.41. The van der Waals surface area contributed by atoms with Crippen molar-refractivity contribution < 1.29 is 9.13 Å². The Morgan fingerprint density at radius 3 is 2.46 bits per heavy atom. The lowest BCUT2D eigenvalue weighted by Gasteiger charge is -2.36. The number of aliphatic imine (C=N–C) groups is 1. The molecule has 1 heterocycles. The van der Waals surface area contributed by atoms with Crippen molar-refractivity contribution in [3.8, 4) is 0 Å². The summed E-state index contributed by atoms with van der Waals surface area (Å²) in [5, 5.41) is 6.65. The van der Waals surface area contributed by atoms with Crippen molar-refractivity contribution in [2.75, 3.05) is 32.8 Å². The molecule has 4 nitrogen and oxygen atoms in total. The summed E-state index contributed by atoms with van der Waals surface area (Å²) >= 11 is 0. The summed E-state index contributed by atoms with van der Waals surface area (Å²) in [6.45, 7) is 5.70. The van der Waals surface area contributed by atoms with E-state index < -0.39 is 0 Å². The summed E-state index contributed by atoms with van der Waals surface area (Å²) in [7, 11) is 0. The van der Waals surface area contributed by atoms with Crippen LogP contribution in [0.3, 0.4) is 0 Å². The fourth-order valence-electron chi connectivity index (χ4n) is 3.68. The van der Waals surface area contributed by atoms with E-state index in [2.05, 4.69) is 41.8 Å². The maximum atomic E-state index is 13.8. The van der Waals surface area contributed by atoms with Crippen LogP contribution in [0.4, 0.5) is 4.39 Å². The van der Waals surface area contributed by atoms with Crippen LogP contribution in [0, 0.1) is 5.82 Å². The van der Waals surface area contributed by atoms with E-state index in [0.717, 1.165) is 44.1 Å². The maximum Gasteiger partial charge on any atom is 0.191 e. The van der Waals surface area contributed by atoms with Crippen LogP contribution in [0.5, 0.6) is 0 Å². The zero-order valence-electron chi connectivity index (χ0n) is 16.6. The van der Waals surface area contributed by atoms with Gasteiger partial charge in [-0.05, 0) is 43.4 Å². The molecule has 2 aromatic rings. The number of hydrogen-bond donors (Lipinski definition) is 2. The number of halogens is 1. The number of nitrogens with one attached hydrogen (secondary N) is 2. The summed E-state index contributed by atoms with van der Waals surface area (Å²) in [6, 6.07) is 17.5. The van der Waals surface area contributed by atoms with Gasteiger partial charge in [0, 0.05) is 31.7 Å². The highest BCUT2D eigenvalue weighted by Crippen LogP contribution is 2.35. The molecule has 2 N–H and O–H groups in total. The van der Waals surface area contributed by atoms with Crippen LogP contribution in [-0.4, -0.2) is 38.8 Å². The summed E-state index contributed by atoms with van der Waals surface area (Å²) in [4.78, 5) is 4.88.